The maximum absolute atomic E-state index is 12.5. The van der Waals surface area contributed by atoms with Gasteiger partial charge in [0.2, 0.25) is 11.8 Å². The number of benzene rings is 1. The molecule has 1 aromatic rings. The van der Waals surface area contributed by atoms with Crippen LogP contribution in [-0.4, -0.2) is 29.9 Å². The molecule has 1 aliphatic carbocycles. The van der Waals surface area contributed by atoms with Gasteiger partial charge in [0, 0.05) is 0 Å². The van der Waals surface area contributed by atoms with E-state index in [0.717, 1.165) is 24.2 Å². The van der Waals surface area contributed by atoms with Crippen LogP contribution in [0.4, 0.5) is 0 Å². The summed E-state index contributed by atoms with van der Waals surface area (Å²) in [7, 11) is 0. The average Bonchev–Trinajstić information content (AvgIpc) is 2.74. The fraction of sp³-hybridized carbons (Fsp3) is 0.474. The number of carbonyl (C=O) groups excluding carboxylic acids is 2. The highest BCUT2D eigenvalue weighted by Gasteiger charge is 2.48. The van der Waals surface area contributed by atoms with Crippen molar-refractivity contribution in [1.29, 1.82) is 0 Å². The molecule has 0 aromatic heterocycles. The maximum atomic E-state index is 12.5. The monoisotopic (exact) mass is 313 g/mol. The molecule has 122 valence electrons. The average molecular weight is 313 g/mol. The molecule has 4 heteroatoms. The predicted molar refractivity (Wildman–Crippen MR) is 88.0 cm³/mol. The van der Waals surface area contributed by atoms with Crippen molar-refractivity contribution in [2.75, 3.05) is 13.2 Å². The van der Waals surface area contributed by atoms with E-state index < -0.39 is 0 Å². The Morgan fingerprint density at radius 2 is 1.57 bits per heavy atom. The zero-order valence-corrected chi connectivity index (χ0v) is 14.0. The van der Waals surface area contributed by atoms with E-state index >= 15 is 0 Å². The molecule has 1 aromatic carbocycles. The minimum atomic E-state index is -0.162. The molecule has 3 rings (SSSR count). The molecule has 0 spiro atoms. The van der Waals surface area contributed by atoms with Crippen molar-refractivity contribution in [1.82, 2.24) is 4.90 Å². The van der Waals surface area contributed by atoms with E-state index in [1.165, 1.54) is 16.0 Å². The zero-order valence-electron chi connectivity index (χ0n) is 14.0. The number of likely N-dealkylation sites (tertiary alicyclic amines) is 1. The van der Waals surface area contributed by atoms with Crippen LogP contribution in [-0.2, 0) is 9.59 Å². The van der Waals surface area contributed by atoms with Crippen LogP contribution in [0.25, 0.3) is 0 Å². The fourth-order valence-corrected chi connectivity index (χ4v) is 3.51. The van der Waals surface area contributed by atoms with E-state index in [2.05, 4.69) is 13.8 Å². The van der Waals surface area contributed by atoms with E-state index in [4.69, 9.17) is 4.74 Å². The second kappa shape index (κ2) is 6.19. The van der Waals surface area contributed by atoms with Gasteiger partial charge in [-0.25, -0.2) is 0 Å². The van der Waals surface area contributed by atoms with E-state index in [1.54, 1.807) is 0 Å². The number of fused-ring (bicyclic) bond motifs is 1. The molecule has 0 radical (unpaired) electrons. The molecule has 0 saturated carbocycles. The van der Waals surface area contributed by atoms with Gasteiger partial charge in [0.25, 0.3) is 0 Å². The summed E-state index contributed by atoms with van der Waals surface area (Å²) >= 11 is 0. The van der Waals surface area contributed by atoms with Crippen LogP contribution in [0.1, 0.15) is 32.3 Å². The highest BCUT2D eigenvalue weighted by Crippen LogP contribution is 2.40. The van der Waals surface area contributed by atoms with Crippen LogP contribution < -0.4 is 4.74 Å². The number of hydrogen-bond acceptors (Lipinski definition) is 3. The van der Waals surface area contributed by atoms with Crippen molar-refractivity contribution in [2.24, 2.45) is 11.8 Å². The first-order chi connectivity index (χ1) is 11.0. The smallest absolute Gasteiger partial charge is 0.233 e. The van der Waals surface area contributed by atoms with Crippen molar-refractivity contribution in [3.8, 4) is 5.75 Å². The Morgan fingerprint density at radius 3 is 2.13 bits per heavy atom. The van der Waals surface area contributed by atoms with Gasteiger partial charge in [-0.3, -0.25) is 14.5 Å². The molecular weight excluding hydrogens is 290 g/mol. The minimum Gasteiger partial charge on any atom is -0.491 e. The summed E-state index contributed by atoms with van der Waals surface area (Å²) in [4.78, 5) is 26.5. The number of amides is 2. The minimum absolute atomic E-state index is 0.0276. The second-order valence-corrected chi connectivity index (χ2v) is 6.62. The Balaban J connectivity index is 1.63. The predicted octanol–water partition coefficient (Wildman–Crippen LogP) is 3.11. The molecule has 0 N–H and O–H groups in total. The van der Waals surface area contributed by atoms with E-state index in [1.807, 2.05) is 31.2 Å². The maximum Gasteiger partial charge on any atom is 0.233 e. The van der Waals surface area contributed by atoms with E-state index in [0.29, 0.717) is 13.2 Å². The molecule has 2 amide bonds. The summed E-state index contributed by atoms with van der Waals surface area (Å²) in [5.74, 6) is 0.423. The third-order valence-corrected chi connectivity index (χ3v) is 5.10. The highest BCUT2D eigenvalue weighted by molar-refractivity contribution is 6.05. The molecule has 1 saturated heterocycles. The van der Waals surface area contributed by atoms with Crippen molar-refractivity contribution in [2.45, 2.75) is 33.6 Å². The quantitative estimate of drug-likeness (QED) is 0.634. The largest absolute Gasteiger partial charge is 0.491 e. The number of carbonyl (C=O) groups is 2. The van der Waals surface area contributed by atoms with Crippen LogP contribution in [0.2, 0.25) is 0 Å². The number of para-hydroxylation sites is 1. The van der Waals surface area contributed by atoms with Crippen molar-refractivity contribution in [3.05, 3.63) is 41.0 Å². The third-order valence-electron chi connectivity index (χ3n) is 5.10. The van der Waals surface area contributed by atoms with Crippen LogP contribution >= 0.6 is 0 Å². The SMILES string of the molecule is CC1=C(C)C[C@H]2C(=O)N(CCOc3ccccc3C)C(=O)[C@@H]2C1. The molecule has 1 heterocycles. The summed E-state index contributed by atoms with van der Waals surface area (Å²) in [5.41, 5.74) is 3.56. The lowest BCUT2D eigenvalue weighted by molar-refractivity contribution is -0.140. The van der Waals surface area contributed by atoms with Gasteiger partial charge in [0.1, 0.15) is 12.4 Å². The molecule has 1 fully saturated rings. The van der Waals surface area contributed by atoms with Gasteiger partial charge in [0.05, 0.1) is 18.4 Å². The molecule has 2 aliphatic rings. The number of aryl methyl sites for hydroxylation is 1. The lowest BCUT2D eigenvalue weighted by atomic mass is 9.78. The first kappa shape index (κ1) is 15.8. The normalized spacial score (nSPS) is 24.2. The van der Waals surface area contributed by atoms with Gasteiger partial charge in [-0.05, 0) is 45.2 Å². The first-order valence-corrected chi connectivity index (χ1v) is 8.18. The van der Waals surface area contributed by atoms with Gasteiger partial charge in [-0.15, -0.1) is 0 Å². The molecule has 1 aliphatic heterocycles. The van der Waals surface area contributed by atoms with E-state index in [9.17, 15) is 9.59 Å². The number of ether oxygens (including phenoxy) is 1. The van der Waals surface area contributed by atoms with Crippen molar-refractivity contribution < 1.29 is 14.3 Å². The Bertz CT molecular complexity index is 645. The lowest BCUT2D eigenvalue weighted by Gasteiger charge is -2.23. The Kier molecular flexibility index (Phi) is 4.24. The van der Waals surface area contributed by atoms with Crippen LogP contribution in [0, 0.1) is 18.8 Å². The lowest BCUT2D eigenvalue weighted by Crippen LogP contribution is -2.34. The number of hydrogen-bond donors (Lipinski definition) is 0. The van der Waals surface area contributed by atoms with Gasteiger partial charge in [-0.1, -0.05) is 29.3 Å². The van der Waals surface area contributed by atoms with Gasteiger partial charge in [-0.2, -0.15) is 0 Å². The third kappa shape index (κ3) is 2.90. The molecule has 4 nitrogen and oxygen atoms in total. The van der Waals surface area contributed by atoms with E-state index in [-0.39, 0.29) is 23.7 Å². The van der Waals surface area contributed by atoms with Crippen LogP contribution in [0.3, 0.4) is 0 Å². The Morgan fingerprint density at radius 1 is 1.00 bits per heavy atom. The summed E-state index contributed by atoms with van der Waals surface area (Å²) in [6, 6.07) is 7.75. The fourth-order valence-electron chi connectivity index (χ4n) is 3.51. The van der Waals surface area contributed by atoms with Crippen molar-refractivity contribution >= 4 is 11.8 Å². The number of imide groups is 1. The summed E-state index contributed by atoms with van der Waals surface area (Å²) in [6.07, 6.45) is 1.44. The first-order valence-electron chi connectivity index (χ1n) is 8.18. The topological polar surface area (TPSA) is 46.6 Å². The van der Waals surface area contributed by atoms with Gasteiger partial charge in [0.15, 0.2) is 0 Å². The zero-order chi connectivity index (χ0) is 16.6. The Labute approximate surface area is 137 Å². The van der Waals surface area contributed by atoms with Gasteiger partial charge >= 0.3 is 0 Å². The summed E-state index contributed by atoms with van der Waals surface area (Å²) < 4.78 is 5.73. The molecular formula is C19H23NO3. The number of nitrogens with zero attached hydrogens (tertiary/aromatic N) is 1. The summed E-state index contributed by atoms with van der Waals surface area (Å²) in [6.45, 7) is 6.78. The second-order valence-electron chi connectivity index (χ2n) is 6.62. The molecule has 0 unspecified atom stereocenters. The molecule has 0 bridgehead atoms. The Hall–Kier alpha value is -2.10. The van der Waals surface area contributed by atoms with Gasteiger partial charge < -0.3 is 4.74 Å². The summed E-state index contributed by atoms with van der Waals surface area (Å²) in [5, 5.41) is 0. The van der Waals surface area contributed by atoms with Crippen molar-refractivity contribution in [3.63, 3.8) is 0 Å². The van der Waals surface area contributed by atoms with Crippen LogP contribution in [0.15, 0.2) is 35.4 Å². The number of rotatable bonds is 4. The highest BCUT2D eigenvalue weighted by atomic mass is 16.5. The molecule has 2 atom stereocenters. The molecule has 23 heavy (non-hydrogen) atoms. The van der Waals surface area contributed by atoms with Crippen LogP contribution in [0.5, 0.6) is 5.75 Å². The number of allylic oxidation sites excluding steroid dienone is 2. The standard InChI is InChI=1S/C19H23NO3/c1-12-6-4-5-7-17(12)23-9-8-20-18(21)15-10-13(2)14(3)11-16(15)19(20)22/h4-7,15-16H,8-11H2,1-3H3/t15-,16-/m1/s1.